The number of hydrogen-bond donors (Lipinski definition) is 3. The fourth-order valence-corrected chi connectivity index (χ4v) is 2.82. The van der Waals surface area contributed by atoms with E-state index in [1.165, 1.54) is 11.8 Å². The zero-order valence-corrected chi connectivity index (χ0v) is 16.8. The molecule has 0 aliphatic carbocycles. The lowest BCUT2D eigenvalue weighted by Crippen LogP contribution is -2.53. The summed E-state index contributed by atoms with van der Waals surface area (Å²) in [5.41, 5.74) is 0.834. The second-order valence-electron chi connectivity index (χ2n) is 6.25. The van der Waals surface area contributed by atoms with Gasteiger partial charge in [0.25, 0.3) is 0 Å². The molecule has 150 valence electrons. The van der Waals surface area contributed by atoms with Gasteiger partial charge >= 0.3 is 12.1 Å². The van der Waals surface area contributed by atoms with E-state index in [1.54, 1.807) is 6.92 Å². The Hall–Kier alpha value is -2.22. The van der Waals surface area contributed by atoms with Gasteiger partial charge in [-0.15, -0.1) is 0 Å². The van der Waals surface area contributed by atoms with Gasteiger partial charge in [-0.25, -0.2) is 9.59 Å². The molecule has 0 fully saturated rings. The van der Waals surface area contributed by atoms with Crippen LogP contribution in [-0.4, -0.2) is 47.2 Å². The van der Waals surface area contributed by atoms with Crippen LogP contribution in [0.4, 0.5) is 4.79 Å². The van der Waals surface area contributed by atoms with Crippen LogP contribution < -0.4 is 10.6 Å². The van der Waals surface area contributed by atoms with E-state index < -0.39 is 30.1 Å². The van der Waals surface area contributed by atoms with E-state index in [0.717, 1.165) is 5.56 Å². The Labute approximate surface area is 164 Å². The molecule has 0 saturated carbocycles. The van der Waals surface area contributed by atoms with Crippen LogP contribution in [0.5, 0.6) is 0 Å². The van der Waals surface area contributed by atoms with Gasteiger partial charge in [-0.2, -0.15) is 11.8 Å². The second-order valence-corrected chi connectivity index (χ2v) is 7.24. The molecule has 0 aliphatic heterocycles. The van der Waals surface area contributed by atoms with E-state index in [-0.39, 0.29) is 12.5 Å². The summed E-state index contributed by atoms with van der Waals surface area (Å²) in [6, 6.07) is 7.35. The van der Waals surface area contributed by atoms with Crippen molar-refractivity contribution >= 4 is 29.7 Å². The summed E-state index contributed by atoms with van der Waals surface area (Å²) in [7, 11) is 0. The number of thioether (sulfide) groups is 1. The van der Waals surface area contributed by atoms with Crippen molar-refractivity contribution in [3.8, 4) is 0 Å². The van der Waals surface area contributed by atoms with Gasteiger partial charge in [-0.3, -0.25) is 4.79 Å². The third kappa shape index (κ3) is 8.34. The van der Waals surface area contributed by atoms with Gasteiger partial charge < -0.3 is 20.5 Å². The average Bonchev–Trinajstić information content (AvgIpc) is 2.67. The van der Waals surface area contributed by atoms with Gasteiger partial charge in [0, 0.05) is 0 Å². The molecular formula is C19H28N2O5S. The summed E-state index contributed by atoms with van der Waals surface area (Å²) in [5.74, 6) is -1.20. The van der Waals surface area contributed by atoms with E-state index >= 15 is 0 Å². The van der Waals surface area contributed by atoms with Gasteiger partial charge in [0.15, 0.2) is 0 Å². The summed E-state index contributed by atoms with van der Waals surface area (Å²) in [4.78, 5) is 36.0. The van der Waals surface area contributed by atoms with Gasteiger partial charge in [-0.05, 0) is 29.9 Å². The summed E-state index contributed by atoms with van der Waals surface area (Å²) >= 11 is 1.53. The van der Waals surface area contributed by atoms with Crippen LogP contribution in [0, 0.1) is 5.92 Å². The van der Waals surface area contributed by atoms with E-state index in [9.17, 15) is 19.5 Å². The van der Waals surface area contributed by atoms with Gasteiger partial charge in [0.1, 0.15) is 18.7 Å². The first-order valence-electron chi connectivity index (χ1n) is 8.88. The van der Waals surface area contributed by atoms with Crippen molar-refractivity contribution in [3.63, 3.8) is 0 Å². The Balaban J connectivity index is 2.68. The molecule has 0 aliphatic rings. The molecule has 7 nitrogen and oxygen atoms in total. The maximum absolute atomic E-state index is 12.5. The minimum atomic E-state index is -1.09. The summed E-state index contributed by atoms with van der Waals surface area (Å²) in [6.07, 6.45) is 2.16. The number of rotatable bonds is 11. The molecule has 3 atom stereocenters. The van der Waals surface area contributed by atoms with E-state index in [1.807, 2.05) is 43.5 Å². The molecule has 3 N–H and O–H groups in total. The van der Waals surface area contributed by atoms with E-state index in [4.69, 9.17) is 4.74 Å². The number of amides is 2. The molecule has 2 amide bonds. The zero-order chi connectivity index (χ0) is 20.2. The highest BCUT2D eigenvalue weighted by atomic mass is 32.2. The summed E-state index contributed by atoms with van der Waals surface area (Å²) in [5, 5.41) is 14.4. The van der Waals surface area contributed by atoms with E-state index in [2.05, 4.69) is 10.6 Å². The van der Waals surface area contributed by atoms with E-state index in [0.29, 0.717) is 18.6 Å². The number of carbonyl (C=O) groups excluding carboxylic acids is 2. The molecule has 27 heavy (non-hydrogen) atoms. The molecule has 1 aromatic carbocycles. The number of nitrogens with one attached hydrogen (secondary N) is 2. The topological polar surface area (TPSA) is 105 Å². The number of ether oxygens (including phenoxy) is 1. The quantitative estimate of drug-likeness (QED) is 0.531. The number of hydrogen-bond acceptors (Lipinski definition) is 5. The minimum absolute atomic E-state index is 0.0914. The fraction of sp³-hybridized carbons (Fsp3) is 0.526. The Morgan fingerprint density at radius 3 is 2.41 bits per heavy atom. The Morgan fingerprint density at radius 2 is 1.85 bits per heavy atom. The standard InChI is InChI=1S/C19H28N2O5S/c1-4-13(2)16(18(23)24)21-17(22)15(10-11-27-3)20-19(25)26-12-14-8-6-5-7-9-14/h5-9,13,15-16H,4,10-12H2,1-3H3,(H,20,25)(H,21,22)(H,23,24)/t13-,15+,16+/m0/s1. The highest BCUT2D eigenvalue weighted by Gasteiger charge is 2.29. The van der Waals surface area contributed by atoms with Gasteiger partial charge in [0.2, 0.25) is 5.91 Å². The molecule has 0 bridgehead atoms. The van der Waals surface area contributed by atoms with Crippen molar-refractivity contribution in [2.45, 2.75) is 45.4 Å². The molecule has 1 rings (SSSR count). The van der Waals surface area contributed by atoms with Crippen LogP contribution >= 0.6 is 11.8 Å². The fourth-order valence-electron chi connectivity index (χ4n) is 2.35. The number of carboxylic acids is 1. The van der Waals surface area contributed by atoms with Crippen LogP contribution in [0.25, 0.3) is 0 Å². The third-order valence-electron chi connectivity index (χ3n) is 4.21. The highest BCUT2D eigenvalue weighted by molar-refractivity contribution is 7.98. The Bertz CT molecular complexity index is 611. The van der Waals surface area contributed by atoms with Crippen molar-refractivity contribution in [2.75, 3.05) is 12.0 Å². The first kappa shape index (κ1) is 22.8. The molecular weight excluding hydrogens is 368 g/mol. The predicted octanol–water partition coefficient (Wildman–Crippen LogP) is 2.65. The van der Waals surface area contributed by atoms with Crippen LogP contribution in [-0.2, 0) is 20.9 Å². The maximum Gasteiger partial charge on any atom is 0.408 e. The zero-order valence-electron chi connectivity index (χ0n) is 15.9. The number of alkyl carbamates (subject to hydrolysis) is 1. The largest absolute Gasteiger partial charge is 0.480 e. The van der Waals surface area contributed by atoms with Crippen LogP contribution in [0.2, 0.25) is 0 Å². The average molecular weight is 397 g/mol. The molecule has 8 heteroatoms. The molecule has 0 saturated heterocycles. The monoisotopic (exact) mass is 396 g/mol. The lowest BCUT2D eigenvalue weighted by Gasteiger charge is -2.24. The van der Waals surface area contributed by atoms with Crippen molar-refractivity contribution in [2.24, 2.45) is 5.92 Å². The van der Waals surface area contributed by atoms with Gasteiger partial charge in [0.05, 0.1) is 0 Å². The summed E-state index contributed by atoms with van der Waals surface area (Å²) < 4.78 is 5.16. The van der Waals surface area contributed by atoms with Crippen LogP contribution in [0.1, 0.15) is 32.3 Å². The molecule has 0 unspecified atom stereocenters. The SMILES string of the molecule is CC[C@H](C)[C@@H](NC(=O)[C@@H](CCSC)NC(=O)OCc1ccccc1)C(=O)O. The van der Waals surface area contributed by atoms with Crippen molar-refractivity contribution in [1.82, 2.24) is 10.6 Å². The second kappa shape index (κ2) is 12.2. The van der Waals surface area contributed by atoms with Crippen molar-refractivity contribution in [3.05, 3.63) is 35.9 Å². The molecule has 0 aromatic heterocycles. The van der Waals surface area contributed by atoms with Crippen LogP contribution in [0.15, 0.2) is 30.3 Å². The highest BCUT2D eigenvalue weighted by Crippen LogP contribution is 2.10. The first-order chi connectivity index (χ1) is 12.9. The number of aliphatic carboxylic acids is 1. The Morgan fingerprint density at radius 1 is 1.19 bits per heavy atom. The molecule has 0 radical (unpaired) electrons. The van der Waals surface area contributed by atoms with Crippen LogP contribution in [0.3, 0.4) is 0 Å². The molecule has 0 heterocycles. The first-order valence-corrected chi connectivity index (χ1v) is 10.3. The van der Waals surface area contributed by atoms with Crippen molar-refractivity contribution in [1.29, 1.82) is 0 Å². The minimum Gasteiger partial charge on any atom is -0.480 e. The molecule has 0 spiro atoms. The normalized spacial score (nSPS) is 13.9. The third-order valence-corrected chi connectivity index (χ3v) is 4.85. The van der Waals surface area contributed by atoms with Gasteiger partial charge in [-0.1, -0.05) is 50.6 Å². The smallest absolute Gasteiger partial charge is 0.408 e. The molecule has 1 aromatic rings. The van der Waals surface area contributed by atoms with Crippen molar-refractivity contribution < 1.29 is 24.2 Å². The lowest BCUT2D eigenvalue weighted by molar-refractivity contribution is -0.143. The lowest BCUT2D eigenvalue weighted by atomic mass is 9.99. The number of carbonyl (C=O) groups is 3. The number of carboxylic acid groups (broad SMARTS) is 1. The predicted molar refractivity (Wildman–Crippen MR) is 106 cm³/mol. The summed E-state index contributed by atoms with van der Waals surface area (Å²) in [6.45, 7) is 3.71. The Kier molecular flexibility index (Phi) is 10.3. The number of benzene rings is 1. The maximum atomic E-state index is 12.5.